The number of benzene rings is 1. The van der Waals surface area contributed by atoms with E-state index in [-0.39, 0.29) is 30.2 Å². The fourth-order valence-corrected chi connectivity index (χ4v) is 4.67. The number of ether oxygens (including phenoxy) is 1. The molecule has 0 spiro atoms. The minimum Gasteiger partial charge on any atom is -0.497 e. The van der Waals surface area contributed by atoms with Crippen LogP contribution in [0, 0.1) is 6.92 Å². The summed E-state index contributed by atoms with van der Waals surface area (Å²) in [4.78, 5) is 32.8. The third-order valence-electron chi connectivity index (χ3n) is 5.14. The number of nitrogens with one attached hydrogen (secondary N) is 1. The number of hydrogen-bond donors (Lipinski definition) is 2. The number of hydrogen-bond acceptors (Lipinski definition) is 8. The molecule has 10 heteroatoms. The first kappa shape index (κ1) is 23.0. The van der Waals surface area contributed by atoms with Crippen LogP contribution in [0.5, 0.6) is 5.75 Å². The van der Waals surface area contributed by atoms with Crippen LogP contribution >= 0.6 is 24.0 Å². The first-order valence-electron chi connectivity index (χ1n) is 10.2. The van der Waals surface area contributed by atoms with Gasteiger partial charge in [-0.2, -0.15) is 0 Å². The highest BCUT2D eigenvalue weighted by Gasteiger charge is 2.32. The molecule has 0 radical (unpaired) electrons. The van der Waals surface area contributed by atoms with E-state index in [9.17, 15) is 14.7 Å². The van der Waals surface area contributed by atoms with Gasteiger partial charge < -0.3 is 15.2 Å². The van der Waals surface area contributed by atoms with Crippen LogP contribution in [0.25, 0.3) is 11.7 Å². The normalized spacial score (nSPS) is 15.0. The van der Waals surface area contributed by atoms with Crippen molar-refractivity contribution in [3.8, 4) is 5.75 Å². The first-order valence-corrected chi connectivity index (χ1v) is 11.4. The van der Waals surface area contributed by atoms with Crippen molar-refractivity contribution in [2.45, 2.75) is 13.5 Å². The van der Waals surface area contributed by atoms with E-state index >= 15 is 0 Å². The molecule has 8 nitrogen and oxygen atoms in total. The molecule has 0 bridgehead atoms. The van der Waals surface area contributed by atoms with Crippen LogP contribution in [0.3, 0.4) is 0 Å². The van der Waals surface area contributed by atoms with Gasteiger partial charge in [-0.15, -0.1) is 0 Å². The summed E-state index contributed by atoms with van der Waals surface area (Å²) in [5, 5.41) is 12.2. The number of rotatable bonds is 7. The summed E-state index contributed by atoms with van der Waals surface area (Å²) in [6, 6.07) is 11.0. The zero-order valence-electron chi connectivity index (χ0n) is 18.1. The lowest BCUT2D eigenvalue weighted by Gasteiger charge is -2.14. The number of fused-ring (bicyclic) bond motifs is 1. The van der Waals surface area contributed by atoms with Crippen LogP contribution in [0.4, 0.5) is 5.82 Å². The Labute approximate surface area is 199 Å². The van der Waals surface area contributed by atoms with E-state index in [0.717, 1.165) is 28.6 Å². The molecule has 0 aliphatic carbocycles. The standard InChI is InChI=1S/C23H22N4O4S2/c1-14-4-3-10-26-20(14)25-19(24-9-11-28)17(21(26)29)12-18-22(30)27(23(32)33-18)13-15-5-7-16(31-2)8-6-15/h3-8,10,12,24,28H,9,11,13H2,1-2H3/b18-12-. The number of pyridine rings is 1. The van der Waals surface area contributed by atoms with Crippen molar-refractivity contribution in [3.63, 3.8) is 0 Å². The average molecular weight is 483 g/mol. The quantitative estimate of drug-likeness (QED) is 0.392. The van der Waals surface area contributed by atoms with Crippen LogP contribution in [0.1, 0.15) is 16.7 Å². The predicted octanol–water partition coefficient (Wildman–Crippen LogP) is 2.82. The number of thiocarbonyl (C=S) groups is 1. The van der Waals surface area contributed by atoms with E-state index in [0.29, 0.717) is 27.2 Å². The second-order valence-electron chi connectivity index (χ2n) is 7.33. The molecule has 1 amide bonds. The van der Waals surface area contributed by atoms with Gasteiger partial charge in [-0.05, 0) is 42.3 Å². The smallest absolute Gasteiger partial charge is 0.267 e. The molecule has 0 saturated carbocycles. The third kappa shape index (κ3) is 4.63. The molecule has 1 aromatic carbocycles. The van der Waals surface area contributed by atoms with Crippen molar-refractivity contribution < 1.29 is 14.6 Å². The van der Waals surface area contributed by atoms with Gasteiger partial charge in [0.1, 0.15) is 21.5 Å². The van der Waals surface area contributed by atoms with Gasteiger partial charge in [-0.3, -0.25) is 18.9 Å². The number of carbonyl (C=O) groups excluding carboxylic acids is 1. The van der Waals surface area contributed by atoms with Crippen molar-refractivity contribution in [2.75, 3.05) is 25.6 Å². The van der Waals surface area contributed by atoms with E-state index in [2.05, 4.69) is 10.3 Å². The van der Waals surface area contributed by atoms with Crippen molar-refractivity contribution in [2.24, 2.45) is 0 Å². The van der Waals surface area contributed by atoms with Crippen molar-refractivity contribution in [3.05, 3.63) is 74.5 Å². The summed E-state index contributed by atoms with van der Waals surface area (Å²) in [6.07, 6.45) is 3.16. The maximum absolute atomic E-state index is 13.3. The topological polar surface area (TPSA) is 96.2 Å². The van der Waals surface area contributed by atoms with Gasteiger partial charge in [0.05, 0.1) is 30.7 Å². The molecule has 33 heavy (non-hydrogen) atoms. The zero-order chi connectivity index (χ0) is 23.5. The molecule has 3 heterocycles. The minimum atomic E-state index is -0.315. The molecule has 2 N–H and O–H groups in total. The van der Waals surface area contributed by atoms with E-state index in [1.807, 2.05) is 37.3 Å². The average Bonchev–Trinajstić information content (AvgIpc) is 3.08. The van der Waals surface area contributed by atoms with E-state index < -0.39 is 0 Å². The summed E-state index contributed by atoms with van der Waals surface area (Å²) in [7, 11) is 1.59. The van der Waals surface area contributed by atoms with Gasteiger partial charge in [0.25, 0.3) is 11.5 Å². The van der Waals surface area contributed by atoms with E-state index in [1.54, 1.807) is 19.4 Å². The maximum Gasteiger partial charge on any atom is 0.267 e. The molecule has 1 aliphatic rings. The van der Waals surface area contributed by atoms with Crippen molar-refractivity contribution in [1.29, 1.82) is 0 Å². The van der Waals surface area contributed by atoms with Gasteiger partial charge >= 0.3 is 0 Å². The lowest BCUT2D eigenvalue weighted by molar-refractivity contribution is -0.122. The fourth-order valence-electron chi connectivity index (χ4n) is 3.43. The highest BCUT2D eigenvalue weighted by molar-refractivity contribution is 8.26. The highest BCUT2D eigenvalue weighted by atomic mass is 32.2. The van der Waals surface area contributed by atoms with Crippen LogP contribution in [0.15, 0.2) is 52.3 Å². The summed E-state index contributed by atoms with van der Waals surface area (Å²) >= 11 is 6.59. The molecule has 1 saturated heterocycles. The molecular formula is C23H22N4O4S2. The molecule has 0 atom stereocenters. The SMILES string of the molecule is COc1ccc(CN2C(=O)/C(=C/c3c(NCCO)nc4c(C)cccn4c3=O)SC2=S)cc1. The second-order valence-corrected chi connectivity index (χ2v) is 9.01. The Bertz CT molecular complexity index is 1320. The van der Waals surface area contributed by atoms with Crippen LogP contribution < -0.4 is 15.6 Å². The van der Waals surface area contributed by atoms with Crippen LogP contribution in [-0.2, 0) is 11.3 Å². The molecule has 4 rings (SSSR count). The maximum atomic E-state index is 13.3. The van der Waals surface area contributed by atoms with Gasteiger partial charge in [-0.25, -0.2) is 4.98 Å². The minimum absolute atomic E-state index is 0.127. The number of aliphatic hydroxyl groups excluding tert-OH is 1. The van der Waals surface area contributed by atoms with Crippen molar-refractivity contribution in [1.82, 2.24) is 14.3 Å². The molecule has 170 valence electrons. The number of thioether (sulfide) groups is 1. The fraction of sp³-hybridized carbons (Fsp3) is 0.217. The number of amides is 1. The van der Waals surface area contributed by atoms with Gasteiger partial charge in [0.15, 0.2) is 0 Å². The summed E-state index contributed by atoms with van der Waals surface area (Å²) < 4.78 is 7.04. The number of aryl methyl sites for hydroxylation is 1. The van der Waals surface area contributed by atoms with Gasteiger partial charge in [-0.1, -0.05) is 42.2 Å². The number of carbonyl (C=O) groups is 1. The Morgan fingerprint density at radius 2 is 2.00 bits per heavy atom. The Morgan fingerprint density at radius 3 is 2.70 bits per heavy atom. The zero-order valence-corrected chi connectivity index (χ0v) is 19.7. The van der Waals surface area contributed by atoms with E-state index in [4.69, 9.17) is 17.0 Å². The largest absolute Gasteiger partial charge is 0.497 e. The predicted molar refractivity (Wildman–Crippen MR) is 133 cm³/mol. The Morgan fingerprint density at radius 1 is 1.24 bits per heavy atom. The Balaban J connectivity index is 1.71. The summed E-state index contributed by atoms with van der Waals surface area (Å²) in [6.45, 7) is 2.27. The Hall–Kier alpha value is -3.21. The lowest BCUT2D eigenvalue weighted by Crippen LogP contribution is -2.27. The molecular weight excluding hydrogens is 460 g/mol. The van der Waals surface area contributed by atoms with Crippen LogP contribution in [-0.4, -0.2) is 49.9 Å². The number of aliphatic hydroxyl groups is 1. The molecule has 1 fully saturated rings. The molecule has 2 aromatic heterocycles. The Kier molecular flexibility index (Phi) is 6.77. The molecule has 3 aromatic rings. The third-order valence-corrected chi connectivity index (χ3v) is 6.52. The number of nitrogens with zero attached hydrogens (tertiary/aromatic N) is 3. The summed E-state index contributed by atoms with van der Waals surface area (Å²) in [5.41, 5.74) is 2.16. The highest BCUT2D eigenvalue weighted by Crippen LogP contribution is 2.34. The van der Waals surface area contributed by atoms with Crippen molar-refractivity contribution >= 4 is 51.7 Å². The monoisotopic (exact) mass is 482 g/mol. The summed E-state index contributed by atoms with van der Waals surface area (Å²) in [5.74, 6) is 0.762. The van der Waals surface area contributed by atoms with Gasteiger partial charge in [0, 0.05) is 12.7 Å². The van der Waals surface area contributed by atoms with E-state index in [1.165, 1.54) is 15.4 Å². The van der Waals surface area contributed by atoms with Gasteiger partial charge in [0.2, 0.25) is 0 Å². The molecule has 1 aliphatic heterocycles. The number of anilines is 1. The second kappa shape index (κ2) is 9.74. The number of aromatic nitrogens is 2. The number of methoxy groups -OCH3 is 1. The lowest BCUT2D eigenvalue weighted by atomic mass is 10.2. The first-order chi connectivity index (χ1) is 15.9. The van der Waals surface area contributed by atoms with Crippen LogP contribution in [0.2, 0.25) is 0 Å². The molecule has 0 unspecified atom stereocenters.